The number of carbonyl (C=O) groups excluding carboxylic acids is 2. The van der Waals surface area contributed by atoms with E-state index in [0.717, 1.165) is 36.7 Å². The molecule has 2 N–H and O–H groups in total. The summed E-state index contributed by atoms with van der Waals surface area (Å²) in [6.07, 6.45) is 8.72. The number of methoxy groups -OCH3 is 1. The van der Waals surface area contributed by atoms with Crippen LogP contribution in [0.15, 0.2) is 111 Å². The second-order valence-electron chi connectivity index (χ2n) is 14.6. The SMILES string of the molecule is C=CCC(C(=O)Cl)c1ccc(Cl)c(Cl)c1.C=CCC(C(=O)Nc1ccc(OC)c(OCCN2CCC(C)CC2)c1)c1ccc(Cl)c(Cl)c1.C=CCC(C(=O)O)c1ccc(Cl)c(Cl)c1. The van der Waals surface area contributed by atoms with Gasteiger partial charge < -0.3 is 19.9 Å². The number of allylic oxidation sites excluding steroid dienone is 3. The van der Waals surface area contributed by atoms with Gasteiger partial charge in [0.15, 0.2) is 11.5 Å². The van der Waals surface area contributed by atoms with E-state index in [9.17, 15) is 14.4 Å². The molecule has 1 fully saturated rings. The normalized spacial score (nSPS) is 14.0. The topological polar surface area (TPSA) is 105 Å². The summed E-state index contributed by atoms with van der Waals surface area (Å²) in [4.78, 5) is 37.7. The quantitative estimate of drug-likeness (QED) is 0.0755. The number of nitrogens with one attached hydrogen (secondary N) is 1. The van der Waals surface area contributed by atoms with Gasteiger partial charge in [-0.1, -0.05) is 113 Å². The van der Waals surface area contributed by atoms with Gasteiger partial charge in [-0.15, -0.1) is 19.7 Å². The first-order chi connectivity index (χ1) is 30.0. The Morgan fingerprint density at radius 2 is 1.16 bits per heavy atom. The van der Waals surface area contributed by atoms with Gasteiger partial charge in [0.1, 0.15) is 6.61 Å². The third kappa shape index (κ3) is 17.3. The van der Waals surface area contributed by atoms with Gasteiger partial charge in [0.05, 0.1) is 55.0 Å². The summed E-state index contributed by atoms with van der Waals surface area (Å²) in [6, 6.07) is 20.5. The summed E-state index contributed by atoms with van der Waals surface area (Å²) in [5.41, 5.74) is 2.81. The lowest BCUT2D eigenvalue weighted by Gasteiger charge is -2.30. The number of nitrogens with zero attached hydrogens (tertiary/aromatic N) is 1. The number of benzene rings is 4. The van der Waals surface area contributed by atoms with Crippen molar-refractivity contribution in [3.05, 3.63) is 158 Å². The third-order valence-electron chi connectivity index (χ3n) is 10.1. The van der Waals surface area contributed by atoms with Crippen molar-refractivity contribution in [2.45, 2.75) is 56.8 Å². The number of piperidine rings is 1. The highest BCUT2D eigenvalue weighted by Gasteiger charge is 2.23. The summed E-state index contributed by atoms with van der Waals surface area (Å²) in [7, 11) is 1.61. The molecule has 4 aromatic rings. The molecule has 0 radical (unpaired) electrons. The fraction of sp³-hybridized carbons (Fsp3) is 0.312. The first-order valence-electron chi connectivity index (χ1n) is 20.0. The van der Waals surface area contributed by atoms with Crippen molar-refractivity contribution in [3.8, 4) is 11.5 Å². The fourth-order valence-corrected chi connectivity index (χ4v) is 7.62. The minimum absolute atomic E-state index is 0.160. The molecule has 1 saturated heterocycles. The molecular formula is C48H51Cl7N2O6. The van der Waals surface area contributed by atoms with E-state index in [-0.39, 0.29) is 5.91 Å². The van der Waals surface area contributed by atoms with Crippen LogP contribution >= 0.6 is 81.2 Å². The summed E-state index contributed by atoms with van der Waals surface area (Å²) in [6.45, 7) is 16.8. The van der Waals surface area contributed by atoms with Gasteiger partial charge in [-0.25, -0.2) is 0 Å². The van der Waals surface area contributed by atoms with E-state index in [1.54, 1.807) is 92.1 Å². The molecule has 1 aliphatic heterocycles. The Morgan fingerprint density at radius 3 is 1.60 bits per heavy atom. The second-order valence-corrected chi connectivity index (χ2v) is 17.4. The number of ether oxygens (including phenoxy) is 2. The largest absolute Gasteiger partial charge is 0.493 e. The van der Waals surface area contributed by atoms with Gasteiger partial charge in [0, 0.05) is 18.3 Å². The van der Waals surface area contributed by atoms with E-state index in [1.165, 1.54) is 12.8 Å². The summed E-state index contributed by atoms with van der Waals surface area (Å²) in [5, 5.41) is 14.1. The van der Waals surface area contributed by atoms with Crippen molar-refractivity contribution in [3.63, 3.8) is 0 Å². The van der Waals surface area contributed by atoms with Gasteiger partial charge in [0.2, 0.25) is 11.1 Å². The van der Waals surface area contributed by atoms with Crippen LogP contribution in [0.2, 0.25) is 30.1 Å². The lowest BCUT2D eigenvalue weighted by molar-refractivity contribution is -0.138. The van der Waals surface area contributed by atoms with Gasteiger partial charge in [0.25, 0.3) is 0 Å². The van der Waals surface area contributed by atoms with Crippen LogP contribution in [0.5, 0.6) is 11.5 Å². The van der Waals surface area contributed by atoms with Gasteiger partial charge in [-0.2, -0.15) is 0 Å². The Morgan fingerprint density at radius 1 is 0.698 bits per heavy atom. The number of amides is 1. The zero-order valence-electron chi connectivity index (χ0n) is 35.0. The molecule has 1 amide bonds. The Kier molecular flexibility index (Phi) is 23.5. The van der Waals surface area contributed by atoms with E-state index >= 15 is 0 Å². The molecule has 5 rings (SSSR count). The van der Waals surface area contributed by atoms with Gasteiger partial charge in [-0.3, -0.25) is 19.3 Å². The number of aliphatic carboxylic acids is 1. The number of carboxylic acid groups (broad SMARTS) is 1. The molecular weight excluding hydrogens is 949 g/mol. The lowest BCUT2D eigenvalue weighted by atomic mass is 9.94. The van der Waals surface area contributed by atoms with Crippen LogP contribution in [0.25, 0.3) is 0 Å². The number of anilines is 1. The number of hydrogen-bond acceptors (Lipinski definition) is 6. The number of likely N-dealkylation sites (tertiary alicyclic amines) is 1. The molecule has 15 heteroatoms. The number of carboxylic acids is 1. The molecule has 3 unspecified atom stereocenters. The first kappa shape index (κ1) is 53.6. The molecule has 0 aliphatic carbocycles. The maximum absolute atomic E-state index is 13.1. The highest BCUT2D eigenvalue weighted by Crippen LogP contribution is 2.34. The maximum atomic E-state index is 13.1. The van der Waals surface area contributed by atoms with Crippen LogP contribution < -0.4 is 14.8 Å². The zero-order chi connectivity index (χ0) is 46.6. The summed E-state index contributed by atoms with van der Waals surface area (Å²) in [5.74, 6) is -0.471. The van der Waals surface area contributed by atoms with Crippen molar-refractivity contribution >= 4 is 104 Å². The number of rotatable bonds is 18. The Balaban J connectivity index is 0.000000291. The van der Waals surface area contributed by atoms with Crippen molar-refractivity contribution in [2.75, 3.05) is 38.7 Å². The minimum Gasteiger partial charge on any atom is -0.493 e. The average molecular weight is 1000 g/mol. The molecule has 0 bridgehead atoms. The maximum Gasteiger partial charge on any atom is 0.311 e. The van der Waals surface area contributed by atoms with Crippen LogP contribution in [0.1, 0.15) is 73.5 Å². The molecule has 3 atom stereocenters. The highest BCUT2D eigenvalue weighted by molar-refractivity contribution is 6.64. The van der Waals surface area contributed by atoms with Crippen LogP contribution in [0, 0.1) is 5.92 Å². The van der Waals surface area contributed by atoms with Crippen molar-refractivity contribution in [1.29, 1.82) is 0 Å². The predicted octanol–water partition coefficient (Wildman–Crippen LogP) is 14.6. The molecule has 8 nitrogen and oxygen atoms in total. The Labute approximate surface area is 405 Å². The first-order valence-corrected chi connectivity index (χ1v) is 22.6. The minimum atomic E-state index is -0.895. The smallest absolute Gasteiger partial charge is 0.311 e. The Hall–Kier alpha value is -3.70. The molecule has 0 saturated carbocycles. The number of halogens is 7. The van der Waals surface area contributed by atoms with Crippen molar-refractivity contribution < 1.29 is 29.0 Å². The van der Waals surface area contributed by atoms with E-state index in [0.29, 0.717) is 78.8 Å². The molecule has 1 heterocycles. The Bertz CT molecular complexity index is 2120. The molecule has 4 aromatic carbocycles. The predicted molar refractivity (Wildman–Crippen MR) is 263 cm³/mol. The summed E-state index contributed by atoms with van der Waals surface area (Å²) >= 11 is 40.9. The van der Waals surface area contributed by atoms with Crippen LogP contribution in [0.3, 0.4) is 0 Å². The van der Waals surface area contributed by atoms with Crippen LogP contribution in [-0.4, -0.2) is 60.5 Å². The average Bonchev–Trinajstić information content (AvgIpc) is 3.25. The van der Waals surface area contributed by atoms with Crippen LogP contribution in [-0.2, 0) is 14.4 Å². The van der Waals surface area contributed by atoms with Crippen LogP contribution in [0.4, 0.5) is 5.69 Å². The molecule has 0 spiro atoms. The van der Waals surface area contributed by atoms with Crippen molar-refractivity contribution in [2.24, 2.45) is 5.92 Å². The highest BCUT2D eigenvalue weighted by atomic mass is 35.5. The van der Waals surface area contributed by atoms with E-state index < -0.39 is 29.0 Å². The van der Waals surface area contributed by atoms with E-state index in [2.05, 4.69) is 36.9 Å². The van der Waals surface area contributed by atoms with Gasteiger partial charge in [-0.05, 0) is 128 Å². The zero-order valence-corrected chi connectivity index (χ0v) is 40.3. The molecule has 63 heavy (non-hydrogen) atoms. The third-order valence-corrected chi connectivity index (χ3v) is 12.6. The fourth-order valence-electron chi connectivity index (χ4n) is 6.49. The number of hydrogen-bond donors (Lipinski definition) is 2. The number of carbonyl (C=O) groups is 3. The molecule has 338 valence electrons. The van der Waals surface area contributed by atoms with Crippen molar-refractivity contribution in [1.82, 2.24) is 4.90 Å². The molecule has 0 aromatic heterocycles. The van der Waals surface area contributed by atoms with E-state index in [4.69, 9.17) is 95.8 Å². The monoisotopic (exact) mass is 996 g/mol. The standard InChI is InChI=1S/C26H32Cl2N2O3.C11H9Cl3O.C11H10Cl2O2/c1-4-5-21(19-6-8-22(27)23(28)16-19)26(31)29-20-7-9-24(32-3)25(17-20)33-15-14-30-12-10-18(2)11-13-30;2*1-2-3-8(11(14)15)7-4-5-9(12)10(13)6-7/h4,6-9,16-18,21H,1,5,10-15H2,2-3H3,(H,29,31);2,4-6,8H,1,3H2;2,4-6,8H,1,3H2,(H,14,15). The lowest BCUT2D eigenvalue weighted by Crippen LogP contribution is -2.35. The summed E-state index contributed by atoms with van der Waals surface area (Å²) < 4.78 is 11.5. The van der Waals surface area contributed by atoms with E-state index in [1.807, 2.05) is 6.07 Å². The molecule has 1 aliphatic rings. The van der Waals surface area contributed by atoms with Gasteiger partial charge >= 0.3 is 5.97 Å². The second kappa shape index (κ2) is 27.6.